The molecule has 8 heteroatoms. The van der Waals surface area contributed by atoms with Crippen molar-refractivity contribution in [3.05, 3.63) is 66.2 Å². The van der Waals surface area contributed by atoms with Gasteiger partial charge in [0, 0.05) is 25.6 Å². The molecule has 1 heterocycles. The van der Waals surface area contributed by atoms with Crippen LogP contribution >= 0.6 is 0 Å². The van der Waals surface area contributed by atoms with E-state index in [0.29, 0.717) is 11.7 Å². The molecule has 0 atom stereocenters. The largest absolute Gasteiger partial charge is 0.334 e. The Bertz CT molecular complexity index is 958. The summed E-state index contributed by atoms with van der Waals surface area (Å²) in [5.74, 6) is 0.187. The highest BCUT2D eigenvalue weighted by Gasteiger charge is 2.21. The number of likely N-dealkylation sites (N-methyl/N-ethyl adjacent to an activating group) is 1. The van der Waals surface area contributed by atoms with Crippen LogP contribution in [-0.4, -0.2) is 36.5 Å². The molecule has 0 fully saturated rings. The first kappa shape index (κ1) is 17.2. The predicted molar refractivity (Wildman–Crippen MR) is 89.7 cm³/mol. The third-order valence-corrected chi connectivity index (χ3v) is 5.50. The third-order valence-electron chi connectivity index (χ3n) is 3.64. The van der Waals surface area contributed by atoms with E-state index >= 15 is 0 Å². The van der Waals surface area contributed by atoms with Gasteiger partial charge in [0.05, 0.1) is 4.90 Å². The average Bonchev–Trinajstić information content (AvgIpc) is 3.09. The van der Waals surface area contributed by atoms with Crippen LogP contribution in [0.1, 0.15) is 5.82 Å². The number of hydrogen-bond acceptors (Lipinski definition) is 5. The fourth-order valence-corrected chi connectivity index (χ4v) is 3.44. The van der Waals surface area contributed by atoms with E-state index in [1.165, 1.54) is 25.2 Å². The number of aromatic nitrogens is 2. The zero-order valence-corrected chi connectivity index (χ0v) is 14.3. The van der Waals surface area contributed by atoms with E-state index in [9.17, 15) is 12.8 Å². The molecule has 1 aromatic heterocycles. The van der Waals surface area contributed by atoms with E-state index in [0.717, 1.165) is 15.9 Å². The van der Waals surface area contributed by atoms with E-state index in [1.54, 1.807) is 0 Å². The molecule has 130 valence electrons. The van der Waals surface area contributed by atoms with Crippen molar-refractivity contribution < 1.29 is 17.3 Å². The van der Waals surface area contributed by atoms with Gasteiger partial charge in [-0.15, -0.1) is 0 Å². The lowest BCUT2D eigenvalue weighted by Crippen LogP contribution is -2.29. The normalized spacial score (nSPS) is 11.8. The molecule has 2 aromatic carbocycles. The highest BCUT2D eigenvalue weighted by atomic mass is 32.2. The molecule has 0 aliphatic heterocycles. The Morgan fingerprint density at radius 1 is 1.12 bits per heavy atom. The van der Waals surface area contributed by atoms with Crippen LogP contribution in [0.15, 0.2) is 64.0 Å². The molecule has 0 bridgehead atoms. The highest BCUT2D eigenvalue weighted by Crippen LogP contribution is 2.18. The van der Waals surface area contributed by atoms with E-state index in [-0.39, 0.29) is 17.9 Å². The molecular weight excluding hydrogens is 345 g/mol. The van der Waals surface area contributed by atoms with Gasteiger partial charge in [0.25, 0.3) is 5.89 Å². The zero-order valence-electron chi connectivity index (χ0n) is 13.5. The van der Waals surface area contributed by atoms with Crippen LogP contribution in [0.5, 0.6) is 0 Å². The van der Waals surface area contributed by atoms with Crippen molar-refractivity contribution in [1.82, 2.24) is 14.4 Å². The average molecular weight is 361 g/mol. The summed E-state index contributed by atoms with van der Waals surface area (Å²) in [5.41, 5.74) is 0.794. The minimum atomic E-state index is -3.77. The van der Waals surface area contributed by atoms with Crippen LogP contribution < -0.4 is 0 Å². The lowest BCUT2D eigenvalue weighted by molar-refractivity contribution is 0.415. The van der Waals surface area contributed by atoms with Crippen molar-refractivity contribution in [2.24, 2.45) is 0 Å². The topological polar surface area (TPSA) is 76.3 Å². The second-order valence-electron chi connectivity index (χ2n) is 5.42. The second kappa shape index (κ2) is 7.12. The van der Waals surface area contributed by atoms with Gasteiger partial charge in [0.15, 0.2) is 5.82 Å². The summed E-state index contributed by atoms with van der Waals surface area (Å²) in [6.45, 7) is 0.145. The van der Waals surface area contributed by atoms with Crippen molar-refractivity contribution in [3.8, 4) is 11.5 Å². The van der Waals surface area contributed by atoms with Gasteiger partial charge in [0.2, 0.25) is 10.0 Å². The Morgan fingerprint density at radius 2 is 1.88 bits per heavy atom. The molecule has 0 aliphatic carbocycles. The van der Waals surface area contributed by atoms with Crippen LogP contribution in [0.2, 0.25) is 0 Å². The molecule has 0 unspecified atom stereocenters. The molecule has 0 saturated carbocycles. The van der Waals surface area contributed by atoms with Crippen molar-refractivity contribution in [1.29, 1.82) is 0 Å². The molecule has 0 saturated heterocycles. The molecule has 0 spiro atoms. The van der Waals surface area contributed by atoms with Gasteiger partial charge in [0.1, 0.15) is 5.82 Å². The Balaban J connectivity index is 1.68. The summed E-state index contributed by atoms with van der Waals surface area (Å²) < 4.78 is 44.4. The number of sulfonamides is 1. The van der Waals surface area contributed by atoms with Crippen molar-refractivity contribution >= 4 is 10.0 Å². The van der Waals surface area contributed by atoms with Crippen LogP contribution in [0.3, 0.4) is 0 Å². The molecule has 3 aromatic rings. The van der Waals surface area contributed by atoms with E-state index in [2.05, 4.69) is 10.1 Å². The smallest absolute Gasteiger partial charge is 0.257 e. The van der Waals surface area contributed by atoms with Crippen molar-refractivity contribution in [2.45, 2.75) is 11.3 Å². The Morgan fingerprint density at radius 3 is 2.60 bits per heavy atom. The Kier molecular flexibility index (Phi) is 4.91. The van der Waals surface area contributed by atoms with Gasteiger partial charge in [-0.3, -0.25) is 0 Å². The van der Waals surface area contributed by atoms with Gasteiger partial charge in [-0.05, 0) is 30.3 Å². The first-order valence-electron chi connectivity index (χ1n) is 7.57. The maximum absolute atomic E-state index is 13.3. The minimum absolute atomic E-state index is 0.0897. The molecular formula is C17H16FN3O3S. The van der Waals surface area contributed by atoms with Gasteiger partial charge < -0.3 is 4.52 Å². The summed E-state index contributed by atoms with van der Waals surface area (Å²) in [6.07, 6.45) is 0.279. The number of hydrogen-bond donors (Lipinski definition) is 0. The number of nitrogens with zero attached hydrogens (tertiary/aromatic N) is 3. The summed E-state index contributed by atoms with van der Waals surface area (Å²) in [7, 11) is -2.34. The highest BCUT2D eigenvalue weighted by molar-refractivity contribution is 7.89. The maximum atomic E-state index is 13.3. The van der Waals surface area contributed by atoms with E-state index in [4.69, 9.17) is 4.52 Å². The van der Waals surface area contributed by atoms with Crippen LogP contribution in [0.25, 0.3) is 11.5 Å². The number of halogens is 1. The Labute approximate surface area is 145 Å². The standard InChI is InChI=1S/C17H16FN3O3S/c1-21(25(22,23)15-9-5-8-14(18)12-15)11-10-16-19-17(24-20-16)13-6-3-2-4-7-13/h2-9,12H,10-11H2,1H3. The molecule has 0 radical (unpaired) electrons. The molecule has 25 heavy (non-hydrogen) atoms. The zero-order chi connectivity index (χ0) is 17.9. The van der Waals surface area contributed by atoms with Crippen LogP contribution in [-0.2, 0) is 16.4 Å². The lowest BCUT2D eigenvalue weighted by atomic mass is 10.2. The maximum Gasteiger partial charge on any atom is 0.257 e. The monoisotopic (exact) mass is 361 g/mol. The first-order valence-corrected chi connectivity index (χ1v) is 9.01. The Hall–Kier alpha value is -2.58. The first-order chi connectivity index (χ1) is 12.0. The van der Waals surface area contributed by atoms with E-state index in [1.807, 2.05) is 30.3 Å². The SMILES string of the molecule is CN(CCc1noc(-c2ccccc2)n1)S(=O)(=O)c1cccc(F)c1. The third kappa shape index (κ3) is 3.92. The van der Waals surface area contributed by atoms with Crippen LogP contribution in [0.4, 0.5) is 4.39 Å². The number of benzene rings is 2. The van der Waals surface area contributed by atoms with Crippen LogP contribution in [0, 0.1) is 5.82 Å². The van der Waals surface area contributed by atoms with Gasteiger partial charge in [-0.1, -0.05) is 29.4 Å². The minimum Gasteiger partial charge on any atom is -0.334 e. The predicted octanol–water partition coefficient (Wildman–Crippen LogP) is 2.74. The van der Waals surface area contributed by atoms with Gasteiger partial charge >= 0.3 is 0 Å². The number of rotatable bonds is 6. The van der Waals surface area contributed by atoms with Crippen molar-refractivity contribution in [3.63, 3.8) is 0 Å². The van der Waals surface area contributed by atoms with Crippen molar-refractivity contribution in [2.75, 3.05) is 13.6 Å². The lowest BCUT2D eigenvalue weighted by Gasteiger charge is -2.16. The van der Waals surface area contributed by atoms with Gasteiger partial charge in [-0.25, -0.2) is 17.1 Å². The fraction of sp³-hybridized carbons (Fsp3) is 0.176. The summed E-state index contributed by atoms with van der Waals surface area (Å²) >= 11 is 0. The summed E-state index contributed by atoms with van der Waals surface area (Å²) in [5, 5.41) is 3.87. The van der Waals surface area contributed by atoms with Gasteiger partial charge in [-0.2, -0.15) is 4.98 Å². The molecule has 3 rings (SSSR count). The fourth-order valence-electron chi connectivity index (χ4n) is 2.24. The molecule has 0 N–H and O–H groups in total. The molecule has 6 nitrogen and oxygen atoms in total. The quantitative estimate of drug-likeness (QED) is 0.675. The summed E-state index contributed by atoms with van der Waals surface area (Å²) in [6, 6.07) is 14.2. The summed E-state index contributed by atoms with van der Waals surface area (Å²) in [4.78, 5) is 4.17. The molecule has 0 amide bonds. The molecule has 0 aliphatic rings. The second-order valence-corrected chi connectivity index (χ2v) is 7.46. The van der Waals surface area contributed by atoms with E-state index < -0.39 is 15.8 Å².